The third-order valence-corrected chi connectivity index (χ3v) is 4.41. The van der Waals surface area contributed by atoms with Crippen LogP contribution in [0, 0.1) is 0 Å². The molecule has 0 N–H and O–H groups in total. The van der Waals surface area contributed by atoms with E-state index in [9.17, 15) is 0 Å². The van der Waals surface area contributed by atoms with Crippen molar-refractivity contribution in [3.8, 4) is 5.75 Å². The van der Waals surface area contributed by atoms with Gasteiger partial charge in [-0.2, -0.15) is 0 Å². The lowest BCUT2D eigenvalue weighted by molar-refractivity contribution is 0.0673. The number of para-hydroxylation sites is 1. The Hall–Kier alpha value is -1.66. The van der Waals surface area contributed by atoms with E-state index < -0.39 is 0 Å². The fraction of sp³-hybridized carbons (Fsp3) is 0.412. The third-order valence-electron chi connectivity index (χ3n) is 3.79. The molecule has 5 nitrogen and oxygen atoms in total. The van der Waals surface area contributed by atoms with Crippen molar-refractivity contribution in [2.24, 2.45) is 0 Å². The molecule has 2 heterocycles. The van der Waals surface area contributed by atoms with Crippen molar-refractivity contribution in [2.75, 3.05) is 25.2 Å². The number of ether oxygens (including phenoxy) is 2. The Morgan fingerprint density at radius 2 is 2.13 bits per heavy atom. The molecule has 122 valence electrons. The summed E-state index contributed by atoms with van der Waals surface area (Å²) in [6.45, 7) is 2.09. The molecule has 0 bridgehead atoms. The van der Waals surface area contributed by atoms with Crippen LogP contribution in [0.15, 0.2) is 41.1 Å². The van der Waals surface area contributed by atoms with Crippen molar-refractivity contribution in [3.05, 3.63) is 46.7 Å². The van der Waals surface area contributed by atoms with Crippen LogP contribution in [0.4, 0.5) is 5.95 Å². The number of aromatic nitrogens is 2. The van der Waals surface area contributed by atoms with Crippen LogP contribution in [0.1, 0.15) is 18.4 Å². The van der Waals surface area contributed by atoms with Gasteiger partial charge in [-0.15, -0.1) is 0 Å². The molecule has 0 saturated carbocycles. The van der Waals surface area contributed by atoms with Crippen molar-refractivity contribution < 1.29 is 9.47 Å². The zero-order chi connectivity index (χ0) is 16.1. The van der Waals surface area contributed by atoms with Gasteiger partial charge in [0.25, 0.3) is 0 Å². The number of benzene rings is 1. The SMILES string of the molecule is CN(Cc1cccc(Br)c1OCC1CCCO1)c1ncccn1. The Morgan fingerprint density at radius 1 is 1.30 bits per heavy atom. The summed E-state index contributed by atoms with van der Waals surface area (Å²) in [5, 5.41) is 0. The maximum Gasteiger partial charge on any atom is 0.225 e. The van der Waals surface area contributed by atoms with Crippen LogP contribution < -0.4 is 9.64 Å². The molecule has 2 aromatic rings. The molecule has 1 atom stereocenters. The van der Waals surface area contributed by atoms with Crippen LogP contribution in [0.3, 0.4) is 0 Å². The van der Waals surface area contributed by atoms with E-state index in [1.54, 1.807) is 12.4 Å². The Labute approximate surface area is 144 Å². The maximum atomic E-state index is 6.05. The fourth-order valence-electron chi connectivity index (χ4n) is 2.61. The molecule has 1 aliphatic heterocycles. The molecule has 1 aliphatic rings. The summed E-state index contributed by atoms with van der Waals surface area (Å²) < 4.78 is 12.6. The molecule has 1 aromatic carbocycles. The number of anilines is 1. The molecular formula is C17H20BrN3O2. The van der Waals surface area contributed by atoms with Crippen molar-refractivity contribution >= 4 is 21.9 Å². The zero-order valence-electron chi connectivity index (χ0n) is 13.1. The smallest absolute Gasteiger partial charge is 0.225 e. The van der Waals surface area contributed by atoms with E-state index in [1.165, 1.54) is 0 Å². The Morgan fingerprint density at radius 3 is 2.87 bits per heavy atom. The molecular weight excluding hydrogens is 358 g/mol. The van der Waals surface area contributed by atoms with Gasteiger partial charge in [-0.1, -0.05) is 12.1 Å². The van der Waals surface area contributed by atoms with E-state index in [0.29, 0.717) is 19.1 Å². The maximum absolute atomic E-state index is 6.05. The van der Waals surface area contributed by atoms with Gasteiger partial charge in [-0.05, 0) is 40.9 Å². The summed E-state index contributed by atoms with van der Waals surface area (Å²) in [7, 11) is 1.97. The summed E-state index contributed by atoms with van der Waals surface area (Å²) in [6.07, 6.45) is 5.87. The Kier molecular flexibility index (Phi) is 5.46. The lowest BCUT2D eigenvalue weighted by atomic mass is 10.2. The predicted octanol–water partition coefficient (Wildman–Crippen LogP) is 3.43. The highest BCUT2D eigenvalue weighted by Gasteiger charge is 2.18. The van der Waals surface area contributed by atoms with Crippen LogP contribution in [0.5, 0.6) is 5.75 Å². The lowest BCUT2D eigenvalue weighted by Gasteiger charge is -2.20. The number of hydrogen-bond donors (Lipinski definition) is 0. The molecule has 6 heteroatoms. The van der Waals surface area contributed by atoms with Crippen molar-refractivity contribution in [2.45, 2.75) is 25.5 Å². The van der Waals surface area contributed by atoms with Crippen LogP contribution >= 0.6 is 15.9 Å². The van der Waals surface area contributed by atoms with E-state index >= 15 is 0 Å². The minimum atomic E-state index is 0.199. The largest absolute Gasteiger partial charge is 0.489 e. The minimum Gasteiger partial charge on any atom is -0.489 e. The van der Waals surface area contributed by atoms with E-state index in [0.717, 1.165) is 35.2 Å². The molecule has 0 spiro atoms. The highest BCUT2D eigenvalue weighted by molar-refractivity contribution is 9.10. The third kappa shape index (κ3) is 4.20. The highest BCUT2D eigenvalue weighted by Crippen LogP contribution is 2.31. The van der Waals surface area contributed by atoms with Gasteiger partial charge in [-0.3, -0.25) is 0 Å². The molecule has 0 amide bonds. The quantitative estimate of drug-likeness (QED) is 0.771. The second kappa shape index (κ2) is 7.75. The topological polar surface area (TPSA) is 47.5 Å². The number of halogens is 1. The predicted molar refractivity (Wildman–Crippen MR) is 92.8 cm³/mol. The summed E-state index contributed by atoms with van der Waals surface area (Å²) in [5.74, 6) is 1.56. The standard InChI is InChI=1S/C17H20BrN3O2/c1-21(17-19-8-4-9-20-17)11-13-5-2-7-15(18)16(13)23-12-14-6-3-10-22-14/h2,4-5,7-9,14H,3,6,10-12H2,1H3. The first-order valence-electron chi connectivity index (χ1n) is 7.74. The number of nitrogens with zero attached hydrogens (tertiary/aromatic N) is 3. The molecule has 23 heavy (non-hydrogen) atoms. The molecule has 0 radical (unpaired) electrons. The van der Waals surface area contributed by atoms with Crippen LogP contribution in [-0.4, -0.2) is 36.3 Å². The van der Waals surface area contributed by atoms with Gasteiger partial charge in [0.05, 0.1) is 10.6 Å². The first-order chi connectivity index (χ1) is 11.2. The molecule has 0 aliphatic carbocycles. The lowest BCUT2D eigenvalue weighted by Crippen LogP contribution is -2.21. The van der Waals surface area contributed by atoms with Gasteiger partial charge < -0.3 is 14.4 Å². The number of hydrogen-bond acceptors (Lipinski definition) is 5. The monoisotopic (exact) mass is 377 g/mol. The van der Waals surface area contributed by atoms with Gasteiger partial charge >= 0.3 is 0 Å². The average molecular weight is 378 g/mol. The van der Waals surface area contributed by atoms with Crippen LogP contribution in [0.25, 0.3) is 0 Å². The van der Waals surface area contributed by atoms with E-state index in [2.05, 4.69) is 32.0 Å². The summed E-state index contributed by atoms with van der Waals surface area (Å²) >= 11 is 3.59. The molecule has 1 saturated heterocycles. The van der Waals surface area contributed by atoms with E-state index in [4.69, 9.17) is 9.47 Å². The van der Waals surface area contributed by atoms with Gasteiger partial charge in [0.15, 0.2) is 0 Å². The van der Waals surface area contributed by atoms with Gasteiger partial charge in [0.2, 0.25) is 5.95 Å². The second-order valence-corrected chi connectivity index (χ2v) is 6.43. The molecule has 1 fully saturated rings. The first-order valence-corrected chi connectivity index (χ1v) is 8.53. The molecule has 1 aromatic heterocycles. The highest BCUT2D eigenvalue weighted by atomic mass is 79.9. The Bertz CT molecular complexity index is 633. The first kappa shape index (κ1) is 16.2. The van der Waals surface area contributed by atoms with Gasteiger partial charge in [0, 0.05) is 38.2 Å². The minimum absolute atomic E-state index is 0.199. The summed E-state index contributed by atoms with van der Waals surface area (Å²) in [4.78, 5) is 10.6. The summed E-state index contributed by atoms with van der Waals surface area (Å²) in [6, 6.07) is 7.88. The summed E-state index contributed by atoms with van der Waals surface area (Å²) in [5.41, 5.74) is 1.09. The van der Waals surface area contributed by atoms with Crippen molar-refractivity contribution in [3.63, 3.8) is 0 Å². The number of rotatable bonds is 6. The van der Waals surface area contributed by atoms with Gasteiger partial charge in [-0.25, -0.2) is 9.97 Å². The normalized spacial score (nSPS) is 17.2. The van der Waals surface area contributed by atoms with Crippen LogP contribution in [-0.2, 0) is 11.3 Å². The fourth-order valence-corrected chi connectivity index (χ4v) is 3.13. The zero-order valence-corrected chi connectivity index (χ0v) is 14.7. The molecule has 3 rings (SSSR count). The van der Waals surface area contributed by atoms with Gasteiger partial charge in [0.1, 0.15) is 12.4 Å². The average Bonchev–Trinajstić information content (AvgIpc) is 3.08. The van der Waals surface area contributed by atoms with E-state index in [-0.39, 0.29) is 6.10 Å². The molecule has 1 unspecified atom stereocenters. The van der Waals surface area contributed by atoms with Crippen LogP contribution in [0.2, 0.25) is 0 Å². The van der Waals surface area contributed by atoms with E-state index in [1.807, 2.05) is 30.1 Å². The Balaban J connectivity index is 1.72. The van der Waals surface area contributed by atoms with Crippen molar-refractivity contribution in [1.29, 1.82) is 0 Å². The second-order valence-electron chi connectivity index (χ2n) is 5.58. The van der Waals surface area contributed by atoms with Crippen molar-refractivity contribution in [1.82, 2.24) is 9.97 Å².